The van der Waals surface area contributed by atoms with E-state index in [0.29, 0.717) is 15.8 Å². The maximum Gasteiger partial charge on any atom is 0.350 e. The van der Waals surface area contributed by atoms with E-state index in [9.17, 15) is 17.6 Å². The first kappa shape index (κ1) is 21.5. The molecule has 0 aliphatic heterocycles. The van der Waals surface area contributed by atoms with Gasteiger partial charge in [0.2, 0.25) is 10.0 Å². The predicted molar refractivity (Wildman–Crippen MR) is 110 cm³/mol. The van der Waals surface area contributed by atoms with Crippen molar-refractivity contribution in [2.24, 2.45) is 0 Å². The second kappa shape index (κ2) is 8.66. The molecule has 2 aromatic carbocycles. The first-order valence-corrected chi connectivity index (χ1v) is 11.0. The van der Waals surface area contributed by atoms with Gasteiger partial charge >= 0.3 is 5.97 Å². The van der Waals surface area contributed by atoms with Gasteiger partial charge in [-0.25, -0.2) is 21.9 Å². The van der Waals surface area contributed by atoms with Crippen molar-refractivity contribution in [3.63, 3.8) is 0 Å². The molecule has 0 fully saturated rings. The number of hydrogen-bond donors (Lipinski definition) is 0. The number of thiophene rings is 1. The van der Waals surface area contributed by atoms with Crippen molar-refractivity contribution in [1.29, 1.82) is 0 Å². The van der Waals surface area contributed by atoms with Crippen LogP contribution >= 0.6 is 22.9 Å². The monoisotopic (exact) mass is 457 g/mol. The molecule has 3 rings (SSSR count). The van der Waals surface area contributed by atoms with E-state index in [1.807, 2.05) is 0 Å². The third kappa shape index (κ3) is 4.69. The van der Waals surface area contributed by atoms with Gasteiger partial charge in [0.15, 0.2) is 0 Å². The first-order valence-electron chi connectivity index (χ1n) is 8.40. The number of ether oxygens (including phenoxy) is 2. The highest BCUT2D eigenvalue weighted by molar-refractivity contribution is 7.89. The molecule has 0 aliphatic carbocycles. The minimum absolute atomic E-state index is 0.0322. The topological polar surface area (TPSA) is 72.9 Å². The number of sulfonamides is 1. The van der Waals surface area contributed by atoms with Gasteiger partial charge in [0.05, 0.1) is 9.92 Å². The number of hydrogen-bond acceptors (Lipinski definition) is 6. The van der Waals surface area contributed by atoms with E-state index in [1.54, 1.807) is 0 Å². The summed E-state index contributed by atoms with van der Waals surface area (Å²) in [5.74, 6) is -0.588. The lowest BCUT2D eigenvalue weighted by Crippen LogP contribution is -2.22. The normalized spacial score (nSPS) is 11.8. The van der Waals surface area contributed by atoms with Gasteiger partial charge in [0.1, 0.15) is 29.7 Å². The molecule has 0 atom stereocenters. The highest BCUT2D eigenvalue weighted by Gasteiger charge is 2.19. The third-order valence-corrected chi connectivity index (χ3v) is 7.43. The summed E-state index contributed by atoms with van der Waals surface area (Å²) >= 11 is 7.25. The van der Waals surface area contributed by atoms with Crippen molar-refractivity contribution in [3.05, 3.63) is 58.2 Å². The summed E-state index contributed by atoms with van der Waals surface area (Å²) < 4.78 is 49.7. The van der Waals surface area contributed by atoms with Crippen LogP contribution in [0.1, 0.15) is 9.67 Å². The van der Waals surface area contributed by atoms with Crippen molar-refractivity contribution >= 4 is 49.0 Å². The number of esters is 1. The summed E-state index contributed by atoms with van der Waals surface area (Å²) in [5, 5.41) is 0.822. The Hall–Kier alpha value is -2.20. The van der Waals surface area contributed by atoms with E-state index >= 15 is 0 Å². The van der Waals surface area contributed by atoms with Gasteiger partial charge in [-0.05, 0) is 42.5 Å². The van der Waals surface area contributed by atoms with Gasteiger partial charge < -0.3 is 9.47 Å². The Kier molecular flexibility index (Phi) is 6.42. The lowest BCUT2D eigenvalue weighted by Gasteiger charge is -2.12. The Balaban J connectivity index is 1.56. The van der Waals surface area contributed by atoms with Crippen LogP contribution in [0, 0.1) is 5.82 Å². The average Bonchev–Trinajstić information content (AvgIpc) is 3.01. The highest BCUT2D eigenvalue weighted by atomic mass is 35.5. The summed E-state index contributed by atoms with van der Waals surface area (Å²) in [6, 6.07) is 10.0. The SMILES string of the molecule is CN(C)S(=O)(=O)c1ccc(OCCOC(=O)c2sc3cc(F)ccc3c2Cl)cc1. The van der Waals surface area contributed by atoms with E-state index in [1.165, 1.54) is 56.6 Å². The Labute approximate surface area is 176 Å². The fourth-order valence-electron chi connectivity index (χ4n) is 2.45. The molecule has 0 amide bonds. The van der Waals surface area contributed by atoms with E-state index in [0.717, 1.165) is 15.6 Å². The second-order valence-electron chi connectivity index (χ2n) is 6.13. The van der Waals surface area contributed by atoms with Crippen LogP contribution in [0.2, 0.25) is 5.02 Å². The van der Waals surface area contributed by atoms with E-state index < -0.39 is 21.8 Å². The van der Waals surface area contributed by atoms with Crippen LogP contribution < -0.4 is 4.74 Å². The molecule has 154 valence electrons. The molecule has 0 aliphatic rings. The highest BCUT2D eigenvalue weighted by Crippen LogP contribution is 2.36. The Morgan fingerprint density at radius 2 is 1.83 bits per heavy atom. The van der Waals surface area contributed by atoms with Crippen LogP contribution in [0.4, 0.5) is 4.39 Å². The summed E-state index contributed by atoms with van der Waals surface area (Å²) in [4.78, 5) is 12.6. The Morgan fingerprint density at radius 1 is 1.14 bits per heavy atom. The van der Waals surface area contributed by atoms with Gasteiger partial charge in [-0.15, -0.1) is 11.3 Å². The number of carbonyl (C=O) groups is 1. The van der Waals surface area contributed by atoms with Crippen LogP contribution in [0.5, 0.6) is 5.75 Å². The van der Waals surface area contributed by atoms with E-state index in [-0.39, 0.29) is 28.0 Å². The van der Waals surface area contributed by atoms with Crippen LogP contribution in [0.15, 0.2) is 47.4 Å². The Morgan fingerprint density at radius 3 is 2.48 bits per heavy atom. The molecule has 0 radical (unpaired) electrons. The van der Waals surface area contributed by atoms with Gasteiger partial charge in [0.25, 0.3) is 0 Å². The summed E-state index contributed by atoms with van der Waals surface area (Å²) in [5.41, 5.74) is 0. The number of nitrogens with zero attached hydrogens (tertiary/aromatic N) is 1. The van der Waals surface area contributed by atoms with Gasteiger partial charge in [-0.1, -0.05) is 11.6 Å². The predicted octanol–water partition coefficient (Wildman–Crippen LogP) is 4.18. The number of benzene rings is 2. The molecule has 0 spiro atoms. The van der Waals surface area contributed by atoms with Crippen LogP contribution in [0.25, 0.3) is 10.1 Å². The van der Waals surface area contributed by atoms with Crippen LogP contribution in [-0.2, 0) is 14.8 Å². The molecular formula is C19H17ClFNO5S2. The van der Waals surface area contributed by atoms with Crippen LogP contribution in [-0.4, -0.2) is 46.0 Å². The van der Waals surface area contributed by atoms with Crippen molar-refractivity contribution in [1.82, 2.24) is 4.31 Å². The molecule has 0 saturated carbocycles. The minimum Gasteiger partial charge on any atom is -0.490 e. The van der Waals surface area contributed by atoms with Crippen molar-refractivity contribution in [2.45, 2.75) is 4.90 Å². The lowest BCUT2D eigenvalue weighted by molar-refractivity contribution is 0.0456. The summed E-state index contributed by atoms with van der Waals surface area (Å²) in [6.45, 7) is 0.0399. The standard InChI is InChI=1S/C19H17ClFNO5S2/c1-22(2)29(24,25)14-6-4-13(5-7-14)26-9-10-27-19(23)18-17(20)15-8-3-12(21)11-16(15)28-18/h3-8,11H,9-10H2,1-2H3. The molecule has 0 saturated heterocycles. The number of fused-ring (bicyclic) bond motifs is 1. The molecule has 1 aromatic heterocycles. The minimum atomic E-state index is -3.51. The molecule has 0 unspecified atom stereocenters. The fraction of sp³-hybridized carbons (Fsp3) is 0.211. The zero-order valence-corrected chi connectivity index (χ0v) is 17.9. The average molecular weight is 458 g/mol. The number of rotatable bonds is 7. The molecule has 0 N–H and O–H groups in total. The third-order valence-electron chi connectivity index (χ3n) is 3.96. The van der Waals surface area contributed by atoms with Gasteiger partial charge in [-0.2, -0.15) is 0 Å². The van der Waals surface area contributed by atoms with Gasteiger partial charge in [-0.3, -0.25) is 0 Å². The molecule has 6 nitrogen and oxygen atoms in total. The molecule has 29 heavy (non-hydrogen) atoms. The smallest absolute Gasteiger partial charge is 0.350 e. The first-order chi connectivity index (χ1) is 13.7. The summed E-state index contributed by atoms with van der Waals surface area (Å²) in [7, 11) is -0.601. The van der Waals surface area contributed by atoms with Crippen molar-refractivity contribution in [3.8, 4) is 5.75 Å². The molecule has 10 heteroatoms. The molecular weight excluding hydrogens is 441 g/mol. The second-order valence-corrected chi connectivity index (χ2v) is 9.71. The summed E-state index contributed by atoms with van der Waals surface area (Å²) in [6.07, 6.45) is 0. The number of carbonyl (C=O) groups excluding carboxylic acids is 1. The molecule has 1 heterocycles. The number of halogens is 2. The fourth-order valence-corrected chi connectivity index (χ4v) is 4.78. The largest absolute Gasteiger partial charge is 0.490 e. The maximum absolute atomic E-state index is 13.3. The maximum atomic E-state index is 13.3. The molecule has 0 bridgehead atoms. The van der Waals surface area contributed by atoms with E-state index in [2.05, 4.69) is 0 Å². The Bertz CT molecular complexity index is 1140. The zero-order chi connectivity index (χ0) is 21.2. The van der Waals surface area contributed by atoms with Crippen molar-refractivity contribution < 1.29 is 27.1 Å². The van der Waals surface area contributed by atoms with Crippen molar-refractivity contribution in [2.75, 3.05) is 27.3 Å². The van der Waals surface area contributed by atoms with E-state index in [4.69, 9.17) is 21.1 Å². The van der Waals surface area contributed by atoms with Crippen LogP contribution in [0.3, 0.4) is 0 Å². The lowest BCUT2D eigenvalue weighted by atomic mass is 10.2. The molecule has 3 aromatic rings. The quantitative estimate of drug-likeness (QED) is 0.393. The zero-order valence-electron chi connectivity index (χ0n) is 15.5. The van der Waals surface area contributed by atoms with Gasteiger partial charge in [0, 0.05) is 24.2 Å².